The fourth-order valence-corrected chi connectivity index (χ4v) is 0.874. The maximum absolute atomic E-state index is 5.31. The Kier molecular flexibility index (Phi) is 11.8. The number of rotatable bonds is 10. The van der Waals surface area contributed by atoms with Crippen molar-refractivity contribution in [1.29, 1.82) is 0 Å². The van der Waals surface area contributed by atoms with Crippen molar-refractivity contribution in [1.82, 2.24) is 0 Å². The van der Waals surface area contributed by atoms with Crippen molar-refractivity contribution in [2.45, 2.75) is 26.7 Å². The van der Waals surface area contributed by atoms with Crippen molar-refractivity contribution in [3.63, 3.8) is 0 Å². The van der Waals surface area contributed by atoms with E-state index in [4.69, 9.17) is 14.2 Å². The molecule has 0 aliphatic heterocycles. The third-order valence-corrected chi connectivity index (χ3v) is 1.50. The molecule has 0 N–H and O–H groups in total. The quantitative estimate of drug-likeness (QED) is 0.492. The molecule has 0 spiro atoms. The summed E-state index contributed by atoms with van der Waals surface area (Å²) in [6, 6.07) is 0. The van der Waals surface area contributed by atoms with Gasteiger partial charge in [0.1, 0.15) is 0 Å². The van der Waals surface area contributed by atoms with Gasteiger partial charge < -0.3 is 14.2 Å². The van der Waals surface area contributed by atoms with Gasteiger partial charge in [-0.2, -0.15) is 0 Å². The molecule has 13 heavy (non-hydrogen) atoms. The normalized spacial score (nSPS) is 10.6. The summed E-state index contributed by atoms with van der Waals surface area (Å²) in [4.78, 5) is 0. The lowest BCUT2D eigenvalue weighted by Gasteiger charge is -2.04. The number of hydrogen-bond donors (Lipinski definition) is 0. The molecule has 0 bridgehead atoms. The maximum atomic E-state index is 5.31. The van der Waals surface area contributed by atoms with Crippen LogP contribution < -0.4 is 0 Å². The standard InChI is InChI=1S/C10H22O3/c1-3-6-12-7-5-8-13-10-9-11-4-2/h3-10H2,1-2H3. The summed E-state index contributed by atoms with van der Waals surface area (Å²) < 4.78 is 15.7. The topological polar surface area (TPSA) is 27.7 Å². The average molecular weight is 190 g/mol. The molecule has 0 aliphatic rings. The second kappa shape index (κ2) is 11.9. The summed E-state index contributed by atoms with van der Waals surface area (Å²) in [5, 5.41) is 0. The van der Waals surface area contributed by atoms with Crippen molar-refractivity contribution in [2.75, 3.05) is 39.6 Å². The summed E-state index contributed by atoms with van der Waals surface area (Å²) >= 11 is 0. The zero-order valence-corrected chi connectivity index (χ0v) is 8.88. The van der Waals surface area contributed by atoms with Crippen LogP contribution in [0, 0.1) is 0 Å². The molecule has 0 rings (SSSR count). The molecule has 0 aromatic carbocycles. The van der Waals surface area contributed by atoms with E-state index in [1.165, 1.54) is 0 Å². The van der Waals surface area contributed by atoms with Crippen LogP contribution in [0.15, 0.2) is 0 Å². The van der Waals surface area contributed by atoms with E-state index >= 15 is 0 Å². The van der Waals surface area contributed by atoms with E-state index < -0.39 is 0 Å². The van der Waals surface area contributed by atoms with Gasteiger partial charge in [-0.15, -0.1) is 0 Å². The van der Waals surface area contributed by atoms with Crippen LogP contribution in [0.1, 0.15) is 26.7 Å². The first kappa shape index (κ1) is 12.9. The Balaban J connectivity index is 2.76. The highest BCUT2D eigenvalue weighted by Gasteiger charge is 1.89. The van der Waals surface area contributed by atoms with Crippen LogP contribution in [0.25, 0.3) is 0 Å². The van der Waals surface area contributed by atoms with Gasteiger partial charge in [0.05, 0.1) is 13.2 Å². The second-order valence-corrected chi connectivity index (χ2v) is 2.78. The Labute approximate surface area is 81.4 Å². The summed E-state index contributed by atoms with van der Waals surface area (Å²) in [5.41, 5.74) is 0. The van der Waals surface area contributed by atoms with Gasteiger partial charge in [0.15, 0.2) is 0 Å². The summed E-state index contributed by atoms with van der Waals surface area (Å²) in [6.45, 7) is 8.70. The van der Waals surface area contributed by atoms with Crippen molar-refractivity contribution in [3.05, 3.63) is 0 Å². The molecule has 0 atom stereocenters. The largest absolute Gasteiger partial charge is 0.381 e. The van der Waals surface area contributed by atoms with E-state index in [1.54, 1.807) is 0 Å². The number of hydrogen-bond acceptors (Lipinski definition) is 3. The highest BCUT2D eigenvalue weighted by Crippen LogP contribution is 1.87. The van der Waals surface area contributed by atoms with E-state index in [2.05, 4.69) is 6.92 Å². The highest BCUT2D eigenvalue weighted by atomic mass is 16.5. The predicted octanol–water partition coefficient (Wildman–Crippen LogP) is 1.86. The van der Waals surface area contributed by atoms with Crippen molar-refractivity contribution < 1.29 is 14.2 Å². The molecule has 0 saturated heterocycles. The summed E-state index contributed by atoms with van der Waals surface area (Å²) in [5.74, 6) is 0. The third-order valence-electron chi connectivity index (χ3n) is 1.50. The smallest absolute Gasteiger partial charge is 0.0700 e. The fourth-order valence-electron chi connectivity index (χ4n) is 0.874. The summed E-state index contributed by atoms with van der Waals surface area (Å²) in [7, 11) is 0. The highest BCUT2D eigenvalue weighted by molar-refractivity contribution is 4.35. The van der Waals surface area contributed by atoms with Crippen LogP contribution in [0.4, 0.5) is 0 Å². The van der Waals surface area contributed by atoms with Crippen LogP contribution in [0.3, 0.4) is 0 Å². The molecule has 0 saturated carbocycles. The second-order valence-electron chi connectivity index (χ2n) is 2.78. The zero-order chi connectivity index (χ0) is 9.78. The minimum atomic E-state index is 0.696. The molecule has 0 amide bonds. The van der Waals surface area contributed by atoms with Crippen molar-refractivity contribution in [3.8, 4) is 0 Å². The van der Waals surface area contributed by atoms with Gasteiger partial charge in [0.25, 0.3) is 0 Å². The zero-order valence-electron chi connectivity index (χ0n) is 8.88. The predicted molar refractivity (Wildman–Crippen MR) is 53.0 cm³/mol. The lowest BCUT2D eigenvalue weighted by atomic mass is 10.5. The van der Waals surface area contributed by atoms with Crippen LogP contribution in [-0.2, 0) is 14.2 Å². The Morgan fingerprint density at radius 2 is 1.31 bits per heavy atom. The average Bonchev–Trinajstić information content (AvgIpc) is 2.16. The van der Waals surface area contributed by atoms with Crippen LogP contribution >= 0.6 is 0 Å². The molecule has 0 heterocycles. The van der Waals surface area contributed by atoms with Gasteiger partial charge in [-0.25, -0.2) is 0 Å². The molecule has 3 nitrogen and oxygen atoms in total. The van der Waals surface area contributed by atoms with E-state index in [-0.39, 0.29) is 0 Å². The monoisotopic (exact) mass is 190 g/mol. The summed E-state index contributed by atoms with van der Waals surface area (Å²) in [6.07, 6.45) is 2.07. The van der Waals surface area contributed by atoms with Gasteiger partial charge in [0.2, 0.25) is 0 Å². The molecule has 0 radical (unpaired) electrons. The van der Waals surface area contributed by atoms with Crippen molar-refractivity contribution >= 4 is 0 Å². The Morgan fingerprint density at radius 3 is 1.92 bits per heavy atom. The first-order chi connectivity index (χ1) is 6.41. The Morgan fingerprint density at radius 1 is 0.692 bits per heavy atom. The van der Waals surface area contributed by atoms with Gasteiger partial charge in [-0.05, 0) is 19.8 Å². The van der Waals surface area contributed by atoms with E-state index in [1.807, 2.05) is 6.92 Å². The minimum Gasteiger partial charge on any atom is -0.381 e. The SMILES string of the molecule is CCCOCCCOCCOCC. The Bertz CT molecular complexity index is 76.2. The van der Waals surface area contributed by atoms with Gasteiger partial charge >= 0.3 is 0 Å². The first-order valence-electron chi connectivity index (χ1n) is 5.15. The molecule has 0 aliphatic carbocycles. The number of ether oxygens (including phenoxy) is 3. The van der Waals surface area contributed by atoms with Crippen molar-refractivity contribution in [2.24, 2.45) is 0 Å². The molecular formula is C10H22O3. The van der Waals surface area contributed by atoms with Gasteiger partial charge in [-0.1, -0.05) is 6.92 Å². The van der Waals surface area contributed by atoms with E-state index in [0.717, 1.165) is 39.3 Å². The molecule has 3 heteroatoms. The maximum Gasteiger partial charge on any atom is 0.0700 e. The third kappa shape index (κ3) is 11.9. The molecule has 0 aromatic heterocycles. The molecule has 0 unspecified atom stereocenters. The lowest BCUT2D eigenvalue weighted by Crippen LogP contribution is -2.07. The Hall–Kier alpha value is -0.120. The van der Waals surface area contributed by atoms with Gasteiger partial charge in [-0.3, -0.25) is 0 Å². The molecule has 0 fully saturated rings. The fraction of sp³-hybridized carbons (Fsp3) is 1.00. The van der Waals surface area contributed by atoms with Gasteiger partial charge in [0, 0.05) is 26.4 Å². The first-order valence-corrected chi connectivity index (χ1v) is 5.15. The van der Waals surface area contributed by atoms with Crippen LogP contribution in [0.5, 0.6) is 0 Å². The molecular weight excluding hydrogens is 168 g/mol. The molecule has 0 aromatic rings. The van der Waals surface area contributed by atoms with E-state index in [0.29, 0.717) is 13.2 Å². The lowest BCUT2D eigenvalue weighted by molar-refractivity contribution is 0.0394. The molecule has 80 valence electrons. The minimum absolute atomic E-state index is 0.696. The van der Waals surface area contributed by atoms with Crippen LogP contribution in [0.2, 0.25) is 0 Å². The van der Waals surface area contributed by atoms with Crippen LogP contribution in [-0.4, -0.2) is 39.6 Å². The van der Waals surface area contributed by atoms with E-state index in [9.17, 15) is 0 Å².